The van der Waals surface area contributed by atoms with Crippen molar-refractivity contribution in [2.45, 2.75) is 12.6 Å². The molecule has 0 heterocycles. The molecule has 0 saturated carbocycles. The molecule has 1 amide bonds. The lowest BCUT2D eigenvalue weighted by Gasteiger charge is -2.15. The molecule has 4 nitrogen and oxygen atoms in total. The summed E-state index contributed by atoms with van der Waals surface area (Å²) in [4.78, 5) is 12.3. The molecular weight excluding hydrogens is 312 g/mol. The SMILES string of the molecule is Nc1ccc(CNC(=O)OC2c3ccccc3-c3ccccc32)cc1. The highest BCUT2D eigenvalue weighted by molar-refractivity contribution is 5.79. The van der Waals surface area contributed by atoms with Gasteiger partial charge in [-0.25, -0.2) is 4.79 Å². The molecule has 0 radical (unpaired) electrons. The van der Waals surface area contributed by atoms with Gasteiger partial charge in [0, 0.05) is 23.4 Å². The first-order chi connectivity index (χ1) is 12.2. The summed E-state index contributed by atoms with van der Waals surface area (Å²) in [5, 5.41) is 2.80. The van der Waals surface area contributed by atoms with Crippen molar-refractivity contribution < 1.29 is 9.53 Å². The lowest BCUT2D eigenvalue weighted by atomic mass is 10.1. The van der Waals surface area contributed by atoms with Crippen LogP contribution in [0.1, 0.15) is 22.8 Å². The van der Waals surface area contributed by atoms with Crippen molar-refractivity contribution in [2.24, 2.45) is 0 Å². The molecule has 1 aliphatic carbocycles. The molecule has 0 saturated heterocycles. The topological polar surface area (TPSA) is 64.3 Å². The Hall–Kier alpha value is -3.27. The summed E-state index contributed by atoms with van der Waals surface area (Å²) in [5.41, 5.74) is 11.6. The van der Waals surface area contributed by atoms with E-state index in [1.165, 1.54) is 0 Å². The minimum atomic E-state index is -0.437. The second-order valence-electron chi connectivity index (χ2n) is 6.05. The molecule has 0 atom stereocenters. The molecule has 0 aliphatic heterocycles. The van der Waals surface area contributed by atoms with Crippen LogP contribution in [0.5, 0.6) is 0 Å². The molecule has 0 fully saturated rings. The average Bonchev–Trinajstić information content (AvgIpc) is 2.96. The van der Waals surface area contributed by atoms with Gasteiger partial charge in [0.15, 0.2) is 6.10 Å². The highest BCUT2D eigenvalue weighted by atomic mass is 16.6. The van der Waals surface area contributed by atoms with E-state index < -0.39 is 6.09 Å². The van der Waals surface area contributed by atoms with Crippen LogP contribution in [-0.4, -0.2) is 6.09 Å². The highest BCUT2D eigenvalue weighted by Gasteiger charge is 2.30. The number of nitrogen functional groups attached to an aromatic ring is 1. The van der Waals surface area contributed by atoms with Gasteiger partial charge in [-0.15, -0.1) is 0 Å². The van der Waals surface area contributed by atoms with E-state index in [-0.39, 0.29) is 6.10 Å². The van der Waals surface area contributed by atoms with Gasteiger partial charge in [-0.1, -0.05) is 60.7 Å². The number of rotatable bonds is 3. The van der Waals surface area contributed by atoms with Crippen LogP contribution in [0.3, 0.4) is 0 Å². The zero-order chi connectivity index (χ0) is 17.2. The van der Waals surface area contributed by atoms with Crippen LogP contribution in [0.25, 0.3) is 11.1 Å². The molecule has 0 unspecified atom stereocenters. The highest BCUT2D eigenvalue weighted by Crippen LogP contribution is 2.44. The first-order valence-electron chi connectivity index (χ1n) is 8.19. The number of ether oxygens (including phenoxy) is 1. The normalized spacial score (nSPS) is 12.3. The number of hydrogen-bond acceptors (Lipinski definition) is 3. The number of hydrogen-bond donors (Lipinski definition) is 2. The summed E-state index contributed by atoms with van der Waals surface area (Å²) in [6.45, 7) is 0.398. The molecular formula is C21H18N2O2. The van der Waals surface area contributed by atoms with Crippen molar-refractivity contribution in [2.75, 3.05) is 5.73 Å². The molecule has 3 aromatic carbocycles. The third-order valence-corrected chi connectivity index (χ3v) is 4.42. The number of carbonyl (C=O) groups excluding carboxylic acids is 1. The van der Waals surface area contributed by atoms with E-state index in [0.29, 0.717) is 12.2 Å². The van der Waals surface area contributed by atoms with E-state index in [9.17, 15) is 4.79 Å². The number of carbonyl (C=O) groups is 1. The van der Waals surface area contributed by atoms with E-state index in [4.69, 9.17) is 10.5 Å². The van der Waals surface area contributed by atoms with E-state index in [2.05, 4.69) is 17.4 Å². The summed E-state index contributed by atoms with van der Waals surface area (Å²) in [6, 6.07) is 23.5. The molecule has 3 N–H and O–H groups in total. The largest absolute Gasteiger partial charge is 0.436 e. The van der Waals surface area contributed by atoms with Crippen LogP contribution in [0.15, 0.2) is 72.8 Å². The van der Waals surface area contributed by atoms with Crippen molar-refractivity contribution in [3.63, 3.8) is 0 Å². The number of fused-ring (bicyclic) bond motifs is 3. The Morgan fingerprint density at radius 1 is 0.880 bits per heavy atom. The summed E-state index contributed by atoms with van der Waals surface area (Å²) < 4.78 is 5.73. The zero-order valence-electron chi connectivity index (χ0n) is 13.6. The fourth-order valence-corrected chi connectivity index (χ4v) is 3.19. The van der Waals surface area contributed by atoms with E-state index in [1.54, 1.807) is 0 Å². The van der Waals surface area contributed by atoms with Crippen molar-refractivity contribution >= 4 is 11.8 Å². The van der Waals surface area contributed by atoms with Crippen LogP contribution in [0.4, 0.5) is 10.5 Å². The Morgan fingerprint density at radius 2 is 1.44 bits per heavy atom. The number of nitrogens with one attached hydrogen (secondary N) is 1. The van der Waals surface area contributed by atoms with Crippen LogP contribution in [-0.2, 0) is 11.3 Å². The fourth-order valence-electron chi connectivity index (χ4n) is 3.19. The molecule has 25 heavy (non-hydrogen) atoms. The van der Waals surface area contributed by atoms with Gasteiger partial charge >= 0.3 is 6.09 Å². The van der Waals surface area contributed by atoms with Crippen LogP contribution in [0.2, 0.25) is 0 Å². The lowest BCUT2D eigenvalue weighted by Crippen LogP contribution is -2.25. The van der Waals surface area contributed by atoms with Gasteiger partial charge in [-0.05, 0) is 28.8 Å². The molecule has 124 valence electrons. The molecule has 0 bridgehead atoms. The van der Waals surface area contributed by atoms with Crippen molar-refractivity contribution in [1.29, 1.82) is 0 Å². The minimum Gasteiger partial charge on any atom is -0.436 e. The lowest BCUT2D eigenvalue weighted by molar-refractivity contribution is 0.118. The molecule has 0 aromatic heterocycles. The molecule has 4 heteroatoms. The minimum absolute atomic E-state index is 0.376. The summed E-state index contributed by atoms with van der Waals surface area (Å²) in [6.07, 6.45) is -0.813. The Labute approximate surface area is 146 Å². The zero-order valence-corrected chi connectivity index (χ0v) is 13.6. The maximum absolute atomic E-state index is 12.3. The molecule has 3 aromatic rings. The number of nitrogens with two attached hydrogens (primary N) is 1. The monoisotopic (exact) mass is 330 g/mol. The number of alkyl carbamates (subject to hydrolysis) is 1. The Morgan fingerprint density at radius 3 is 2.04 bits per heavy atom. The summed E-state index contributed by atoms with van der Waals surface area (Å²) in [5.74, 6) is 0. The third-order valence-electron chi connectivity index (χ3n) is 4.42. The van der Waals surface area contributed by atoms with Gasteiger partial charge in [0.1, 0.15) is 0 Å². The van der Waals surface area contributed by atoms with Crippen LogP contribution in [0, 0.1) is 0 Å². The average molecular weight is 330 g/mol. The van der Waals surface area contributed by atoms with Crippen LogP contribution >= 0.6 is 0 Å². The van der Waals surface area contributed by atoms with Crippen LogP contribution < -0.4 is 11.1 Å². The van der Waals surface area contributed by atoms with Gasteiger partial charge in [-0.2, -0.15) is 0 Å². The predicted octanol–water partition coefficient (Wildman–Crippen LogP) is 4.27. The molecule has 0 spiro atoms. The second-order valence-corrected chi connectivity index (χ2v) is 6.05. The van der Waals surface area contributed by atoms with E-state index in [0.717, 1.165) is 27.8 Å². The Kier molecular flexibility index (Phi) is 3.86. The number of benzene rings is 3. The van der Waals surface area contributed by atoms with Gasteiger partial charge in [-0.3, -0.25) is 0 Å². The summed E-state index contributed by atoms with van der Waals surface area (Å²) in [7, 11) is 0. The Bertz CT molecular complexity index is 874. The van der Waals surface area contributed by atoms with Crippen molar-refractivity contribution in [3.8, 4) is 11.1 Å². The quantitative estimate of drug-likeness (QED) is 0.705. The van der Waals surface area contributed by atoms with Gasteiger partial charge in [0.25, 0.3) is 0 Å². The molecule has 4 rings (SSSR count). The summed E-state index contributed by atoms with van der Waals surface area (Å²) >= 11 is 0. The van der Waals surface area contributed by atoms with E-state index in [1.807, 2.05) is 60.7 Å². The van der Waals surface area contributed by atoms with Gasteiger partial charge in [0.2, 0.25) is 0 Å². The third kappa shape index (κ3) is 2.94. The fraction of sp³-hybridized carbons (Fsp3) is 0.0952. The first kappa shape index (κ1) is 15.3. The van der Waals surface area contributed by atoms with Gasteiger partial charge < -0.3 is 15.8 Å². The standard InChI is InChI=1S/C21H18N2O2/c22-15-11-9-14(10-12-15)13-23-21(24)25-20-18-7-3-1-5-16(18)17-6-2-4-8-19(17)20/h1-12,20H,13,22H2,(H,23,24). The maximum atomic E-state index is 12.3. The Balaban J connectivity index is 1.50. The number of amides is 1. The second kappa shape index (κ2) is 6.32. The maximum Gasteiger partial charge on any atom is 0.408 e. The smallest absolute Gasteiger partial charge is 0.408 e. The van der Waals surface area contributed by atoms with Crippen molar-refractivity contribution in [1.82, 2.24) is 5.32 Å². The van der Waals surface area contributed by atoms with Crippen molar-refractivity contribution in [3.05, 3.63) is 89.5 Å². The number of anilines is 1. The van der Waals surface area contributed by atoms with E-state index >= 15 is 0 Å². The first-order valence-corrected chi connectivity index (χ1v) is 8.19. The van der Waals surface area contributed by atoms with Gasteiger partial charge in [0.05, 0.1) is 0 Å². The molecule has 1 aliphatic rings. The predicted molar refractivity (Wildman–Crippen MR) is 97.9 cm³/mol.